The lowest BCUT2D eigenvalue weighted by molar-refractivity contribution is -0.137. The molecule has 2 bridgehead atoms. The van der Waals surface area contributed by atoms with Crippen LogP contribution in [0.4, 0.5) is 10.1 Å². The molecule has 5 heterocycles. The van der Waals surface area contributed by atoms with Crippen molar-refractivity contribution in [2.75, 3.05) is 18.0 Å². The number of piperazine rings is 1. The Kier molecular flexibility index (Phi) is 3.76. The van der Waals surface area contributed by atoms with Crippen molar-refractivity contribution in [1.29, 1.82) is 0 Å². The maximum Gasteiger partial charge on any atom is 0.243 e. The summed E-state index contributed by atoms with van der Waals surface area (Å²) in [6.07, 6.45) is 3.15. The number of amides is 2. The molecule has 5 aliphatic rings. The number of fused-ring (bicyclic) bond motifs is 4. The maximum atomic E-state index is 14.8. The Morgan fingerprint density at radius 2 is 2.00 bits per heavy atom. The number of halogens is 1. The number of piperidine rings is 3. The SMILES string of the molecule is O=C1CCC(N2Cc3ccc(F)c(N4CC5CCC4CN5)c3C2)C(=O)N1. The summed E-state index contributed by atoms with van der Waals surface area (Å²) in [6, 6.07) is 3.88. The van der Waals surface area contributed by atoms with E-state index in [2.05, 4.69) is 20.4 Å². The minimum Gasteiger partial charge on any atom is -0.363 e. The Morgan fingerprint density at radius 3 is 2.69 bits per heavy atom. The van der Waals surface area contributed by atoms with Crippen LogP contribution in [0.2, 0.25) is 0 Å². The quantitative estimate of drug-likeness (QED) is 0.769. The lowest BCUT2D eigenvalue weighted by Crippen LogP contribution is -2.61. The van der Waals surface area contributed by atoms with Crippen molar-refractivity contribution in [3.8, 4) is 0 Å². The third-order valence-corrected chi connectivity index (χ3v) is 6.35. The average molecular weight is 358 g/mol. The first-order valence-electron chi connectivity index (χ1n) is 9.48. The highest BCUT2D eigenvalue weighted by Crippen LogP contribution is 2.39. The van der Waals surface area contributed by atoms with E-state index in [1.54, 1.807) is 6.07 Å². The van der Waals surface area contributed by atoms with E-state index in [-0.39, 0.29) is 23.7 Å². The molecule has 0 saturated carbocycles. The highest BCUT2D eigenvalue weighted by atomic mass is 19.1. The third-order valence-electron chi connectivity index (χ3n) is 6.35. The second-order valence-corrected chi connectivity index (χ2v) is 7.89. The van der Waals surface area contributed by atoms with Gasteiger partial charge in [0.25, 0.3) is 0 Å². The fourth-order valence-electron chi connectivity index (χ4n) is 5.00. The molecule has 0 aromatic heterocycles. The van der Waals surface area contributed by atoms with E-state index in [4.69, 9.17) is 0 Å². The topological polar surface area (TPSA) is 64.7 Å². The van der Waals surface area contributed by atoms with Crippen LogP contribution in [0.1, 0.15) is 36.8 Å². The van der Waals surface area contributed by atoms with Gasteiger partial charge < -0.3 is 10.2 Å². The molecule has 6 rings (SSSR count). The largest absolute Gasteiger partial charge is 0.363 e. The number of imide groups is 1. The van der Waals surface area contributed by atoms with Gasteiger partial charge in [0.05, 0.1) is 11.7 Å². The fourth-order valence-corrected chi connectivity index (χ4v) is 5.00. The molecular formula is C19H23FN4O2. The van der Waals surface area contributed by atoms with Crippen LogP contribution in [0.15, 0.2) is 12.1 Å². The van der Waals surface area contributed by atoms with Crippen LogP contribution in [-0.4, -0.2) is 47.9 Å². The first-order valence-corrected chi connectivity index (χ1v) is 9.48. The van der Waals surface area contributed by atoms with Crippen LogP contribution >= 0.6 is 0 Å². The van der Waals surface area contributed by atoms with Crippen molar-refractivity contribution in [3.05, 3.63) is 29.1 Å². The Hall–Kier alpha value is -1.99. The number of benzene rings is 1. The molecule has 2 amide bonds. The van der Waals surface area contributed by atoms with Gasteiger partial charge in [-0.15, -0.1) is 0 Å². The molecule has 0 aliphatic carbocycles. The summed E-state index contributed by atoms with van der Waals surface area (Å²) in [7, 11) is 0. The lowest BCUT2D eigenvalue weighted by Gasteiger charge is -2.47. The number of hydrogen-bond acceptors (Lipinski definition) is 5. The second-order valence-electron chi connectivity index (χ2n) is 7.89. The standard InChI is InChI=1S/C19H23FN4O2/c20-15-4-1-11-8-23(16-5-6-17(25)22-19(16)26)10-14(11)18(15)24-9-12-2-3-13(24)7-21-12/h1,4,12-13,16,21H,2-3,5-10H2,(H,22,25,26). The minimum absolute atomic E-state index is 0.165. The normalized spacial score (nSPS) is 31.3. The molecule has 138 valence electrons. The van der Waals surface area contributed by atoms with Crippen molar-refractivity contribution >= 4 is 17.5 Å². The van der Waals surface area contributed by atoms with E-state index in [0.29, 0.717) is 38.0 Å². The highest BCUT2D eigenvalue weighted by molar-refractivity contribution is 6.00. The van der Waals surface area contributed by atoms with E-state index in [1.165, 1.54) is 0 Å². The van der Waals surface area contributed by atoms with E-state index >= 15 is 0 Å². The zero-order valence-corrected chi connectivity index (χ0v) is 14.6. The second kappa shape index (κ2) is 6.03. The number of nitrogens with zero attached hydrogens (tertiary/aromatic N) is 2. The highest BCUT2D eigenvalue weighted by Gasteiger charge is 2.40. The van der Waals surface area contributed by atoms with Gasteiger partial charge >= 0.3 is 0 Å². The summed E-state index contributed by atoms with van der Waals surface area (Å²) in [6.45, 7) is 2.95. The molecule has 6 nitrogen and oxygen atoms in total. The zero-order valence-electron chi connectivity index (χ0n) is 14.6. The van der Waals surface area contributed by atoms with Gasteiger partial charge in [-0.05, 0) is 36.5 Å². The van der Waals surface area contributed by atoms with E-state index in [1.807, 2.05) is 6.07 Å². The molecule has 1 aromatic carbocycles. The molecule has 0 radical (unpaired) electrons. The van der Waals surface area contributed by atoms with E-state index in [0.717, 1.165) is 42.7 Å². The molecule has 3 unspecified atom stereocenters. The third kappa shape index (κ3) is 2.53. The summed E-state index contributed by atoms with van der Waals surface area (Å²) in [5.41, 5.74) is 2.84. The smallest absolute Gasteiger partial charge is 0.243 e. The summed E-state index contributed by atoms with van der Waals surface area (Å²) >= 11 is 0. The number of anilines is 1. The summed E-state index contributed by atoms with van der Waals surface area (Å²) < 4.78 is 14.8. The van der Waals surface area contributed by atoms with Crippen LogP contribution in [-0.2, 0) is 22.7 Å². The predicted molar refractivity (Wildman–Crippen MR) is 94.0 cm³/mol. The first-order chi connectivity index (χ1) is 12.6. The van der Waals surface area contributed by atoms with Crippen molar-refractivity contribution in [2.45, 2.75) is 56.9 Å². The van der Waals surface area contributed by atoms with Crippen LogP contribution < -0.4 is 15.5 Å². The Labute approximate surface area is 151 Å². The molecule has 4 saturated heterocycles. The number of rotatable bonds is 2. The molecule has 26 heavy (non-hydrogen) atoms. The van der Waals surface area contributed by atoms with Crippen molar-refractivity contribution in [3.63, 3.8) is 0 Å². The molecule has 7 heteroatoms. The average Bonchev–Trinajstić information content (AvgIpc) is 3.06. The predicted octanol–water partition coefficient (Wildman–Crippen LogP) is 0.887. The molecule has 4 fully saturated rings. The van der Waals surface area contributed by atoms with Gasteiger partial charge in [0.15, 0.2) is 0 Å². The Bertz CT molecular complexity index is 775. The summed E-state index contributed by atoms with van der Waals surface area (Å²) in [4.78, 5) is 28.0. The van der Waals surface area contributed by atoms with Crippen molar-refractivity contribution < 1.29 is 14.0 Å². The minimum atomic E-state index is -0.310. The summed E-state index contributed by atoms with van der Waals surface area (Å²) in [5.74, 6) is -0.592. The van der Waals surface area contributed by atoms with Gasteiger partial charge in [-0.25, -0.2) is 4.39 Å². The van der Waals surface area contributed by atoms with E-state index in [9.17, 15) is 14.0 Å². The van der Waals surface area contributed by atoms with Crippen LogP contribution in [0.3, 0.4) is 0 Å². The van der Waals surface area contributed by atoms with Crippen LogP contribution in [0, 0.1) is 5.82 Å². The molecular weight excluding hydrogens is 335 g/mol. The summed E-state index contributed by atoms with van der Waals surface area (Å²) in [5, 5.41) is 5.95. The Morgan fingerprint density at radius 1 is 1.12 bits per heavy atom. The fraction of sp³-hybridized carbons (Fsp3) is 0.579. The molecule has 1 aromatic rings. The van der Waals surface area contributed by atoms with Crippen molar-refractivity contribution in [2.24, 2.45) is 0 Å². The number of carbonyl (C=O) groups excluding carboxylic acids is 2. The number of nitrogens with one attached hydrogen (secondary N) is 2. The first kappa shape index (κ1) is 16.2. The van der Waals surface area contributed by atoms with Gasteiger partial charge in [-0.2, -0.15) is 0 Å². The molecule has 5 aliphatic heterocycles. The lowest BCUT2D eigenvalue weighted by atomic mass is 9.91. The number of carbonyl (C=O) groups is 2. The maximum absolute atomic E-state index is 14.8. The van der Waals surface area contributed by atoms with E-state index < -0.39 is 0 Å². The number of hydrogen-bond donors (Lipinski definition) is 2. The van der Waals surface area contributed by atoms with Crippen molar-refractivity contribution in [1.82, 2.24) is 15.5 Å². The Balaban J connectivity index is 1.44. The van der Waals surface area contributed by atoms with Crippen LogP contribution in [0.5, 0.6) is 0 Å². The van der Waals surface area contributed by atoms with Gasteiger partial charge in [-0.3, -0.25) is 19.8 Å². The zero-order chi connectivity index (χ0) is 17.8. The van der Waals surface area contributed by atoms with Gasteiger partial charge in [0, 0.05) is 44.7 Å². The van der Waals surface area contributed by atoms with Gasteiger partial charge in [0.1, 0.15) is 5.82 Å². The molecule has 3 atom stereocenters. The van der Waals surface area contributed by atoms with Gasteiger partial charge in [0.2, 0.25) is 11.8 Å². The van der Waals surface area contributed by atoms with Gasteiger partial charge in [-0.1, -0.05) is 6.07 Å². The molecule has 0 spiro atoms. The molecule has 2 N–H and O–H groups in total. The monoisotopic (exact) mass is 358 g/mol. The van der Waals surface area contributed by atoms with Crippen LogP contribution in [0.25, 0.3) is 0 Å².